The van der Waals surface area contributed by atoms with Crippen LogP contribution < -0.4 is 10.1 Å². The molecule has 6 nitrogen and oxygen atoms in total. The van der Waals surface area contributed by atoms with E-state index in [9.17, 15) is 9.59 Å². The van der Waals surface area contributed by atoms with Gasteiger partial charge in [0.1, 0.15) is 25.4 Å². The fourth-order valence-electron chi connectivity index (χ4n) is 2.05. The molecule has 0 aliphatic rings. The molecule has 0 radical (unpaired) electrons. The summed E-state index contributed by atoms with van der Waals surface area (Å²) in [7, 11) is 0. The number of nitrogens with one attached hydrogen (secondary N) is 1. The van der Waals surface area contributed by atoms with Crippen LogP contribution in [0.25, 0.3) is 0 Å². The highest BCUT2D eigenvalue weighted by molar-refractivity contribution is 5.93. The van der Waals surface area contributed by atoms with Crippen molar-refractivity contribution < 1.29 is 19.1 Å². The van der Waals surface area contributed by atoms with Crippen molar-refractivity contribution in [3.8, 4) is 11.8 Å². The van der Waals surface area contributed by atoms with E-state index in [2.05, 4.69) is 5.32 Å². The second-order valence-electron chi connectivity index (χ2n) is 5.26. The van der Waals surface area contributed by atoms with Crippen LogP contribution in [0.15, 0.2) is 48.5 Å². The van der Waals surface area contributed by atoms with Crippen molar-refractivity contribution in [2.75, 3.05) is 18.5 Å². The summed E-state index contributed by atoms with van der Waals surface area (Å²) in [5.41, 5.74) is 1.98. The molecule has 0 bridgehead atoms. The lowest BCUT2D eigenvalue weighted by Crippen LogP contribution is -2.13. The number of ether oxygens (including phenoxy) is 2. The minimum Gasteiger partial charge on any atom is -0.490 e. The number of anilines is 1. The highest BCUT2D eigenvalue weighted by Crippen LogP contribution is 2.13. The predicted molar refractivity (Wildman–Crippen MR) is 92.3 cm³/mol. The number of nitriles is 1. The van der Waals surface area contributed by atoms with Crippen molar-refractivity contribution in [1.29, 1.82) is 5.26 Å². The maximum atomic E-state index is 11.9. The Bertz CT molecular complexity index is 779. The highest BCUT2D eigenvalue weighted by Gasteiger charge is 2.08. The van der Waals surface area contributed by atoms with Gasteiger partial charge in [0, 0.05) is 5.69 Å². The topological polar surface area (TPSA) is 88.4 Å². The SMILES string of the molecule is Cc1cccc(OCCOC(=O)c2ccc(NC(=O)CC#N)cc2)c1. The van der Waals surface area contributed by atoms with E-state index in [0.717, 1.165) is 11.3 Å². The number of hydrogen-bond donors (Lipinski definition) is 1. The molecule has 0 atom stereocenters. The number of aryl methyl sites for hydroxylation is 1. The molecule has 0 fully saturated rings. The molecule has 0 aliphatic carbocycles. The standard InChI is InChI=1S/C19H18N2O4/c1-14-3-2-4-17(13-14)24-11-12-25-19(23)15-5-7-16(8-6-15)21-18(22)9-10-20/h2-8,13H,9,11-12H2,1H3,(H,21,22). The van der Waals surface area contributed by atoms with Gasteiger partial charge in [0.15, 0.2) is 0 Å². The van der Waals surface area contributed by atoms with Crippen molar-refractivity contribution in [3.05, 3.63) is 59.7 Å². The third-order valence-electron chi connectivity index (χ3n) is 3.22. The number of carbonyl (C=O) groups excluding carboxylic acids is 2. The van der Waals surface area contributed by atoms with Crippen molar-refractivity contribution in [3.63, 3.8) is 0 Å². The first kappa shape index (κ1) is 18.0. The molecule has 2 aromatic carbocycles. The van der Waals surface area contributed by atoms with Gasteiger partial charge in [-0.1, -0.05) is 12.1 Å². The molecule has 0 saturated carbocycles. The molecule has 0 spiro atoms. The van der Waals surface area contributed by atoms with E-state index in [1.807, 2.05) is 31.2 Å². The summed E-state index contributed by atoms with van der Waals surface area (Å²) in [6.45, 7) is 2.37. The smallest absolute Gasteiger partial charge is 0.338 e. The van der Waals surface area contributed by atoms with E-state index in [1.165, 1.54) is 0 Å². The van der Waals surface area contributed by atoms with Crippen LogP contribution in [-0.2, 0) is 9.53 Å². The van der Waals surface area contributed by atoms with Crippen molar-refractivity contribution in [2.24, 2.45) is 0 Å². The lowest BCUT2D eigenvalue weighted by atomic mass is 10.2. The van der Waals surface area contributed by atoms with Gasteiger partial charge in [-0.3, -0.25) is 4.79 Å². The Labute approximate surface area is 146 Å². The maximum Gasteiger partial charge on any atom is 0.338 e. The van der Waals surface area contributed by atoms with Crippen LogP contribution in [-0.4, -0.2) is 25.1 Å². The van der Waals surface area contributed by atoms with Gasteiger partial charge in [0.25, 0.3) is 0 Å². The quantitative estimate of drug-likeness (QED) is 0.619. The van der Waals surface area contributed by atoms with E-state index in [-0.39, 0.29) is 19.6 Å². The van der Waals surface area contributed by atoms with Gasteiger partial charge in [-0.15, -0.1) is 0 Å². The van der Waals surface area contributed by atoms with Crippen molar-refractivity contribution >= 4 is 17.6 Å². The second kappa shape index (κ2) is 9.08. The van der Waals surface area contributed by atoms with Crippen molar-refractivity contribution in [1.82, 2.24) is 0 Å². The first-order valence-corrected chi connectivity index (χ1v) is 7.72. The second-order valence-corrected chi connectivity index (χ2v) is 5.26. The Kier molecular flexibility index (Phi) is 6.55. The Morgan fingerprint density at radius 3 is 2.56 bits per heavy atom. The number of carbonyl (C=O) groups is 2. The molecule has 0 aromatic heterocycles. The molecule has 0 unspecified atom stereocenters. The predicted octanol–water partition coefficient (Wildman–Crippen LogP) is 3.08. The zero-order valence-corrected chi connectivity index (χ0v) is 13.8. The molecule has 0 saturated heterocycles. The summed E-state index contributed by atoms with van der Waals surface area (Å²) >= 11 is 0. The third kappa shape index (κ3) is 5.99. The van der Waals surface area contributed by atoms with E-state index in [0.29, 0.717) is 11.3 Å². The van der Waals surface area contributed by atoms with Gasteiger partial charge >= 0.3 is 5.97 Å². The molecule has 6 heteroatoms. The third-order valence-corrected chi connectivity index (χ3v) is 3.22. The fraction of sp³-hybridized carbons (Fsp3) is 0.211. The average molecular weight is 338 g/mol. The Balaban J connectivity index is 1.77. The van der Waals surface area contributed by atoms with Crippen LogP contribution in [0.2, 0.25) is 0 Å². The number of amides is 1. The van der Waals surface area contributed by atoms with E-state index < -0.39 is 11.9 Å². The molecule has 0 heterocycles. The summed E-state index contributed by atoms with van der Waals surface area (Å²) in [5, 5.41) is 11.0. The van der Waals surface area contributed by atoms with Gasteiger partial charge < -0.3 is 14.8 Å². The average Bonchev–Trinajstić information content (AvgIpc) is 2.59. The molecule has 0 aliphatic heterocycles. The molecule has 25 heavy (non-hydrogen) atoms. The number of esters is 1. The summed E-state index contributed by atoms with van der Waals surface area (Å²) in [4.78, 5) is 23.2. The number of rotatable bonds is 7. The Morgan fingerprint density at radius 1 is 1.12 bits per heavy atom. The normalized spacial score (nSPS) is 9.76. The maximum absolute atomic E-state index is 11.9. The number of hydrogen-bond acceptors (Lipinski definition) is 5. The minimum atomic E-state index is -0.470. The summed E-state index contributed by atoms with van der Waals surface area (Å²) in [6.07, 6.45) is -0.218. The Hall–Kier alpha value is -3.33. The molecule has 1 N–H and O–H groups in total. The molecular weight excluding hydrogens is 320 g/mol. The zero-order chi connectivity index (χ0) is 18.1. The Morgan fingerprint density at radius 2 is 1.88 bits per heavy atom. The van der Waals surface area contributed by atoms with Gasteiger partial charge in [-0.25, -0.2) is 4.79 Å². The van der Waals surface area contributed by atoms with Crippen LogP contribution in [0.1, 0.15) is 22.3 Å². The van der Waals surface area contributed by atoms with E-state index >= 15 is 0 Å². The monoisotopic (exact) mass is 338 g/mol. The van der Waals surface area contributed by atoms with Gasteiger partial charge in [-0.2, -0.15) is 5.26 Å². The molecule has 1 amide bonds. The first-order chi connectivity index (χ1) is 12.1. The van der Waals surface area contributed by atoms with Crippen LogP contribution in [0.3, 0.4) is 0 Å². The van der Waals surface area contributed by atoms with Crippen molar-refractivity contribution in [2.45, 2.75) is 13.3 Å². The van der Waals surface area contributed by atoms with E-state index in [1.54, 1.807) is 30.3 Å². The van der Waals surface area contributed by atoms with Crippen LogP contribution in [0, 0.1) is 18.3 Å². The van der Waals surface area contributed by atoms with Crippen LogP contribution in [0.5, 0.6) is 5.75 Å². The zero-order valence-electron chi connectivity index (χ0n) is 13.8. The largest absolute Gasteiger partial charge is 0.490 e. The lowest BCUT2D eigenvalue weighted by Gasteiger charge is -2.08. The summed E-state index contributed by atoms with van der Waals surface area (Å²) in [6, 6.07) is 15.6. The summed E-state index contributed by atoms with van der Waals surface area (Å²) in [5.74, 6) is -0.137. The fourth-order valence-corrected chi connectivity index (χ4v) is 2.05. The van der Waals surface area contributed by atoms with Gasteiger partial charge in [-0.05, 0) is 48.9 Å². The number of nitrogens with zero attached hydrogens (tertiary/aromatic N) is 1. The summed E-state index contributed by atoms with van der Waals surface area (Å²) < 4.78 is 10.7. The number of benzene rings is 2. The van der Waals surface area contributed by atoms with Crippen LogP contribution >= 0.6 is 0 Å². The molecule has 128 valence electrons. The van der Waals surface area contributed by atoms with Crippen LogP contribution in [0.4, 0.5) is 5.69 Å². The van der Waals surface area contributed by atoms with Gasteiger partial charge in [0.2, 0.25) is 5.91 Å². The lowest BCUT2D eigenvalue weighted by molar-refractivity contribution is -0.115. The molecular formula is C19H18N2O4. The molecule has 2 rings (SSSR count). The minimum absolute atomic E-state index is 0.132. The first-order valence-electron chi connectivity index (χ1n) is 7.72. The van der Waals surface area contributed by atoms with Gasteiger partial charge in [0.05, 0.1) is 11.6 Å². The van der Waals surface area contributed by atoms with E-state index in [4.69, 9.17) is 14.7 Å². The highest BCUT2D eigenvalue weighted by atomic mass is 16.6. The molecule has 2 aromatic rings.